The first-order valence-electron chi connectivity index (χ1n) is 6.02. The van der Waals surface area contributed by atoms with E-state index in [1.54, 1.807) is 12.1 Å². The van der Waals surface area contributed by atoms with E-state index >= 15 is 0 Å². The number of rotatable bonds is 5. The van der Waals surface area contributed by atoms with Gasteiger partial charge in [-0.15, -0.1) is 5.10 Å². The standard InChI is InChI=1S/C13H15N3O4/c1-20-13(19)12-10(8-17)16(15-14-12)7-11(18)9-5-3-2-4-6-9/h2-6,11,17-18H,7-8H2,1H3. The molecule has 0 saturated carbocycles. The number of aliphatic hydroxyl groups excluding tert-OH is 2. The number of methoxy groups -OCH3 is 1. The monoisotopic (exact) mass is 277 g/mol. The molecular weight excluding hydrogens is 262 g/mol. The Kier molecular flexibility index (Phi) is 4.44. The summed E-state index contributed by atoms with van der Waals surface area (Å²) in [7, 11) is 1.22. The zero-order valence-electron chi connectivity index (χ0n) is 10.9. The summed E-state index contributed by atoms with van der Waals surface area (Å²) in [4.78, 5) is 11.5. The Labute approximate surface area is 115 Å². The van der Waals surface area contributed by atoms with Gasteiger partial charge in [0.25, 0.3) is 0 Å². The van der Waals surface area contributed by atoms with Crippen molar-refractivity contribution >= 4 is 5.97 Å². The van der Waals surface area contributed by atoms with Crippen molar-refractivity contribution in [2.45, 2.75) is 19.3 Å². The lowest BCUT2D eigenvalue weighted by Gasteiger charge is -2.12. The number of aromatic nitrogens is 3. The molecule has 0 aliphatic rings. The van der Waals surface area contributed by atoms with Gasteiger partial charge in [0.2, 0.25) is 0 Å². The molecule has 0 amide bonds. The van der Waals surface area contributed by atoms with Crippen LogP contribution in [-0.4, -0.2) is 38.3 Å². The van der Waals surface area contributed by atoms with Crippen LogP contribution in [0.15, 0.2) is 30.3 Å². The Morgan fingerprint density at radius 1 is 1.40 bits per heavy atom. The molecule has 1 atom stereocenters. The van der Waals surface area contributed by atoms with Crippen LogP contribution in [-0.2, 0) is 17.9 Å². The van der Waals surface area contributed by atoms with Gasteiger partial charge in [-0.3, -0.25) is 0 Å². The molecule has 1 aromatic heterocycles. The minimum absolute atomic E-state index is 0.0461. The largest absolute Gasteiger partial charge is 0.464 e. The number of hydrogen-bond acceptors (Lipinski definition) is 6. The molecule has 2 rings (SSSR count). The minimum atomic E-state index is -0.811. The average Bonchev–Trinajstić information content (AvgIpc) is 2.89. The maximum absolute atomic E-state index is 11.5. The summed E-state index contributed by atoms with van der Waals surface area (Å²) < 4.78 is 5.85. The number of carbonyl (C=O) groups is 1. The maximum Gasteiger partial charge on any atom is 0.360 e. The van der Waals surface area contributed by atoms with Crippen LogP contribution in [0.5, 0.6) is 0 Å². The molecule has 0 bridgehead atoms. The summed E-state index contributed by atoms with van der Waals surface area (Å²) in [5.41, 5.74) is 0.883. The van der Waals surface area contributed by atoms with Crippen LogP contribution in [0.2, 0.25) is 0 Å². The lowest BCUT2D eigenvalue weighted by atomic mass is 10.1. The smallest absolute Gasteiger partial charge is 0.360 e. The zero-order valence-corrected chi connectivity index (χ0v) is 10.9. The van der Waals surface area contributed by atoms with E-state index in [2.05, 4.69) is 15.0 Å². The average molecular weight is 277 g/mol. The molecule has 7 nitrogen and oxygen atoms in total. The molecule has 0 aliphatic carbocycles. The van der Waals surface area contributed by atoms with Crippen LogP contribution in [0.3, 0.4) is 0 Å². The predicted molar refractivity (Wildman–Crippen MR) is 68.7 cm³/mol. The number of nitrogens with zero attached hydrogens (tertiary/aromatic N) is 3. The number of hydrogen-bond donors (Lipinski definition) is 2. The molecule has 1 heterocycles. The Bertz CT molecular complexity index is 583. The highest BCUT2D eigenvalue weighted by atomic mass is 16.5. The lowest BCUT2D eigenvalue weighted by molar-refractivity contribution is 0.0589. The molecule has 1 aromatic carbocycles. The first-order chi connectivity index (χ1) is 9.67. The van der Waals surface area contributed by atoms with Gasteiger partial charge in [-0.25, -0.2) is 9.48 Å². The van der Waals surface area contributed by atoms with Crippen LogP contribution < -0.4 is 0 Å². The van der Waals surface area contributed by atoms with Crippen molar-refractivity contribution in [1.29, 1.82) is 0 Å². The van der Waals surface area contributed by atoms with Crippen LogP contribution in [0.4, 0.5) is 0 Å². The molecule has 20 heavy (non-hydrogen) atoms. The third kappa shape index (κ3) is 2.84. The third-order valence-corrected chi connectivity index (χ3v) is 2.90. The van der Waals surface area contributed by atoms with Gasteiger partial charge in [-0.2, -0.15) is 0 Å². The van der Waals surface area contributed by atoms with E-state index in [-0.39, 0.29) is 17.9 Å². The molecule has 0 saturated heterocycles. The summed E-state index contributed by atoms with van der Waals surface area (Å²) in [5, 5.41) is 26.9. The molecule has 2 aromatic rings. The highest BCUT2D eigenvalue weighted by molar-refractivity contribution is 5.88. The number of ether oxygens (including phenoxy) is 1. The number of carbonyl (C=O) groups excluding carboxylic acids is 1. The fourth-order valence-corrected chi connectivity index (χ4v) is 1.84. The van der Waals surface area contributed by atoms with Crippen LogP contribution >= 0.6 is 0 Å². The molecule has 7 heteroatoms. The van der Waals surface area contributed by atoms with E-state index in [4.69, 9.17) is 0 Å². The second-order valence-electron chi connectivity index (χ2n) is 4.14. The molecule has 106 valence electrons. The highest BCUT2D eigenvalue weighted by Gasteiger charge is 2.21. The van der Waals surface area contributed by atoms with Crippen molar-refractivity contribution in [2.75, 3.05) is 7.11 Å². The first kappa shape index (κ1) is 14.2. The van der Waals surface area contributed by atoms with E-state index < -0.39 is 18.7 Å². The molecular formula is C13H15N3O4. The number of esters is 1. The van der Waals surface area contributed by atoms with Gasteiger partial charge in [0.15, 0.2) is 5.69 Å². The molecule has 0 aliphatic heterocycles. The lowest BCUT2D eigenvalue weighted by Crippen LogP contribution is -2.14. The van der Waals surface area contributed by atoms with Crippen LogP contribution in [0.25, 0.3) is 0 Å². The molecule has 2 N–H and O–H groups in total. The third-order valence-electron chi connectivity index (χ3n) is 2.90. The van der Waals surface area contributed by atoms with Crippen molar-refractivity contribution in [1.82, 2.24) is 15.0 Å². The molecule has 0 spiro atoms. The van der Waals surface area contributed by atoms with E-state index in [0.29, 0.717) is 5.56 Å². The predicted octanol–water partition coefficient (Wildman–Crippen LogP) is 0.291. The van der Waals surface area contributed by atoms with Crippen molar-refractivity contribution < 1.29 is 19.7 Å². The van der Waals surface area contributed by atoms with Gasteiger partial charge in [-0.05, 0) is 5.56 Å². The fraction of sp³-hybridized carbons (Fsp3) is 0.308. The van der Waals surface area contributed by atoms with Gasteiger partial charge < -0.3 is 14.9 Å². The second kappa shape index (κ2) is 6.27. The number of benzene rings is 1. The van der Waals surface area contributed by atoms with Crippen LogP contribution in [0.1, 0.15) is 27.8 Å². The minimum Gasteiger partial charge on any atom is -0.464 e. The Morgan fingerprint density at radius 2 is 2.10 bits per heavy atom. The van der Waals surface area contributed by atoms with Gasteiger partial charge in [0.05, 0.1) is 32.1 Å². The van der Waals surface area contributed by atoms with Gasteiger partial charge in [0.1, 0.15) is 0 Å². The second-order valence-corrected chi connectivity index (χ2v) is 4.14. The van der Waals surface area contributed by atoms with E-state index in [0.717, 1.165) is 0 Å². The first-order valence-corrected chi connectivity index (χ1v) is 6.02. The molecule has 0 fully saturated rings. The zero-order chi connectivity index (χ0) is 14.5. The van der Waals surface area contributed by atoms with E-state index in [1.165, 1.54) is 11.8 Å². The van der Waals surface area contributed by atoms with Gasteiger partial charge in [0, 0.05) is 0 Å². The number of aliphatic hydroxyl groups is 2. The highest BCUT2D eigenvalue weighted by Crippen LogP contribution is 2.16. The fourth-order valence-electron chi connectivity index (χ4n) is 1.84. The van der Waals surface area contributed by atoms with Gasteiger partial charge in [-0.1, -0.05) is 35.5 Å². The van der Waals surface area contributed by atoms with Crippen molar-refractivity contribution in [3.8, 4) is 0 Å². The van der Waals surface area contributed by atoms with Crippen molar-refractivity contribution in [3.63, 3.8) is 0 Å². The Hall–Kier alpha value is -2.25. The molecule has 0 radical (unpaired) electrons. The summed E-state index contributed by atoms with van der Waals surface area (Å²) in [6, 6.07) is 9.03. The summed E-state index contributed by atoms with van der Waals surface area (Å²) in [6.45, 7) is -0.331. The molecule has 1 unspecified atom stereocenters. The van der Waals surface area contributed by atoms with Crippen molar-refractivity contribution in [3.05, 3.63) is 47.3 Å². The Balaban J connectivity index is 2.22. The normalized spacial score (nSPS) is 12.2. The quantitative estimate of drug-likeness (QED) is 0.762. The van der Waals surface area contributed by atoms with E-state index in [1.807, 2.05) is 18.2 Å². The maximum atomic E-state index is 11.5. The Morgan fingerprint density at radius 3 is 2.70 bits per heavy atom. The van der Waals surface area contributed by atoms with Gasteiger partial charge >= 0.3 is 5.97 Å². The van der Waals surface area contributed by atoms with Crippen molar-refractivity contribution in [2.24, 2.45) is 0 Å². The van der Waals surface area contributed by atoms with E-state index in [9.17, 15) is 15.0 Å². The topological polar surface area (TPSA) is 97.5 Å². The summed E-state index contributed by atoms with van der Waals surface area (Å²) in [6.07, 6.45) is -0.811. The van der Waals surface area contributed by atoms with Crippen LogP contribution in [0, 0.1) is 0 Å². The SMILES string of the molecule is COC(=O)c1nnn(CC(O)c2ccccc2)c1CO. The summed E-state index contributed by atoms with van der Waals surface area (Å²) in [5.74, 6) is -0.672. The summed E-state index contributed by atoms with van der Waals surface area (Å²) >= 11 is 0.